The molecule has 1 fully saturated rings. The van der Waals surface area contributed by atoms with E-state index in [2.05, 4.69) is 37.2 Å². The molecule has 2 rings (SSSR count). The van der Waals surface area contributed by atoms with E-state index in [9.17, 15) is 0 Å². The highest BCUT2D eigenvalue weighted by Gasteiger charge is 2.27. The highest BCUT2D eigenvalue weighted by Crippen LogP contribution is 2.31. The Morgan fingerprint density at radius 3 is 2.73 bits per heavy atom. The summed E-state index contributed by atoms with van der Waals surface area (Å²) in [6.45, 7) is 1.94. The molecule has 0 amide bonds. The number of hydrogen-bond acceptors (Lipinski definition) is 4. The van der Waals surface area contributed by atoms with Crippen LogP contribution >= 0.6 is 27.5 Å². The van der Waals surface area contributed by atoms with Gasteiger partial charge in [-0.1, -0.05) is 28.8 Å². The first kappa shape index (κ1) is 11.3. The molecule has 0 bridgehead atoms. The molecule has 15 heavy (non-hydrogen) atoms. The van der Waals surface area contributed by atoms with Crippen molar-refractivity contribution in [3.05, 3.63) is 5.82 Å². The summed E-state index contributed by atoms with van der Waals surface area (Å²) in [5.74, 6) is 0.879. The van der Waals surface area contributed by atoms with Crippen molar-refractivity contribution in [2.24, 2.45) is 0 Å². The monoisotopic (exact) mass is 289 g/mol. The third-order valence-corrected chi connectivity index (χ3v) is 4.93. The molecular formula is C10H16BrN3S. The number of aromatic nitrogens is 2. The quantitative estimate of drug-likeness (QED) is 0.784. The zero-order chi connectivity index (χ0) is 10.8. The van der Waals surface area contributed by atoms with Crippen LogP contribution < -0.4 is 4.90 Å². The number of anilines is 1. The van der Waals surface area contributed by atoms with Gasteiger partial charge in [0.15, 0.2) is 0 Å². The van der Waals surface area contributed by atoms with E-state index in [1.165, 1.54) is 37.2 Å². The van der Waals surface area contributed by atoms with Crippen molar-refractivity contribution in [3.63, 3.8) is 0 Å². The predicted octanol–water partition coefficient (Wildman–Crippen LogP) is 2.99. The van der Waals surface area contributed by atoms with Crippen LogP contribution in [0.1, 0.15) is 31.5 Å². The van der Waals surface area contributed by atoms with Crippen LogP contribution in [0.2, 0.25) is 0 Å². The van der Waals surface area contributed by atoms with Crippen LogP contribution in [0.5, 0.6) is 0 Å². The van der Waals surface area contributed by atoms with E-state index in [0.29, 0.717) is 10.9 Å². The number of nitrogens with zero attached hydrogens (tertiary/aromatic N) is 3. The lowest BCUT2D eigenvalue weighted by atomic mass is 9.94. The van der Waals surface area contributed by atoms with Crippen molar-refractivity contribution in [3.8, 4) is 0 Å². The first-order valence-corrected chi connectivity index (χ1v) is 7.04. The summed E-state index contributed by atoms with van der Waals surface area (Å²) in [7, 11) is 2.13. The van der Waals surface area contributed by atoms with Gasteiger partial charge in [0.1, 0.15) is 5.82 Å². The molecule has 0 saturated heterocycles. The number of alkyl halides is 1. The second kappa shape index (κ2) is 4.78. The highest BCUT2D eigenvalue weighted by atomic mass is 79.9. The summed E-state index contributed by atoms with van der Waals surface area (Å²) in [4.78, 5) is 7.31. The Hall–Kier alpha value is -0.160. The fourth-order valence-corrected chi connectivity index (χ4v) is 3.71. The van der Waals surface area contributed by atoms with Crippen molar-refractivity contribution in [1.82, 2.24) is 9.36 Å². The lowest BCUT2D eigenvalue weighted by Gasteiger charge is -2.34. The van der Waals surface area contributed by atoms with Gasteiger partial charge in [-0.25, -0.2) is 4.98 Å². The van der Waals surface area contributed by atoms with E-state index in [1.54, 1.807) is 0 Å². The summed E-state index contributed by atoms with van der Waals surface area (Å²) in [6, 6.07) is 0.575. The Kier molecular flexibility index (Phi) is 3.61. The minimum absolute atomic E-state index is 0.575. The van der Waals surface area contributed by atoms with Gasteiger partial charge < -0.3 is 4.90 Å². The Morgan fingerprint density at radius 2 is 2.13 bits per heavy atom. The maximum atomic E-state index is 4.43. The van der Waals surface area contributed by atoms with E-state index in [0.717, 1.165) is 11.0 Å². The van der Waals surface area contributed by atoms with Crippen molar-refractivity contribution in [1.29, 1.82) is 0 Å². The van der Waals surface area contributed by atoms with Gasteiger partial charge in [-0.2, -0.15) is 4.37 Å². The Bertz CT molecular complexity index is 328. The zero-order valence-corrected chi connectivity index (χ0v) is 11.5. The van der Waals surface area contributed by atoms with Crippen molar-refractivity contribution >= 4 is 32.6 Å². The first-order chi connectivity index (χ1) is 7.18. The van der Waals surface area contributed by atoms with E-state index in [1.807, 2.05) is 6.92 Å². The van der Waals surface area contributed by atoms with Gasteiger partial charge in [-0.05, 0) is 19.8 Å². The Morgan fingerprint density at radius 1 is 1.40 bits per heavy atom. The molecule has 2 unspecified atom stereocenters. The molecule has 1 aromatic heterocycles. The van der Waals surface area contributed by atoms with Crippen LogP contribution in [0.15, 0.2) is 0 Å². The molecule has 0 aliphatic heterocycles. The van der Waals surface area contributed by atoms with E-state index < -0.39 is 0 Å². The zero-order valence-electron chi connectivity index (χ0n) is 9.11. The molecule has 2 atom stereocenters. The number of rotatable bonds is 2. The molecule has 1 heterocycles. The maximum absolute atomic E-state index is 4.43. The maximum Gasteiger partial charge on any atom is 0.205 e. The van der Waals surface area contributed by atoms with Crippen molar-refractivity contribution in [2.45, 2.75) is 43.5 Å². The van der Waals surface area contributed by atoms with Crippen LogP contribution in [-0.2, 0) is 0 Å². The Balaban J connectivity index is 2.09. The number of hydrogen-bond donors (Lipinski definition) is 0. The molecule has 0 radical (unpaired) electrons. The largest absolute Gasteiger partial charge is 0.346 e. The molecule has 84 valence electrons. The Labute approximate surface area is 103 Å². The standard InChI is InChI=1S/C10H16BrN3S/c1-7-12-10(15-13-7)14(2)9-6-4-3-5-8(9)11/h8-9H,3-6H2,1-2H3. The van der Waals surface area contributed by atoms with Crippen LogP contribution in [0.4, 0.5) is 5.13 Å². The molecular weight excluding hydrogens is 274 g/mol. The topological polar surface area (TPSA) is 29.0 Å². The molecule has 0 spiro atoms. The molecule has 1 saturated carbocycles. The third-order valence-electron chi connectivity index (χ3n) is 2.96. The summed E-state index contributed by atoms with van der Waals surface area (Å²) in [6.07, 6.45) is 5.20. The average Bonchev–Trinajstić information content (AvgIpc) is 2.65. The van der Waals surface area contributed by atoms with Gasteiger partial charge in [0, 0.05) is 29.4 Å². The van der Waals surface area contributed by atoms with Crippen molar-refractivity contribution in [2.75, 3.05) is 11.9 Å². The molecule has 0 N–H and O–H groups in total. The average molecular weight is 290 g/mol. The van der Waals surface area contributed by atoms with Gasteiger partial charge in [0.05, 0.1) is 0 Å². The van der Waals surface area contributed by atoms with E-state index in [-0.39, 0.29) is 0 Å². The van der Waals surface area contributed by atoms with Crippen LogP contribution in [0, 0.1) is 6.92 Å². The second-order valence-electron chi connectivity index (χ2n) is 4.10. The van der Waals surface area contributed by atoms with Crippen LogP contribution in [0.25, 0.3) is 0 Å². The molecule has 1 aliphatic rings. The predicted molar refractivity (Wildman–Crippen MR) is 68.0 cm³/mol. The lowest BCUT2D eigenvalue weighted by molar-refractivity contribution is 0.443. The number of aryl methyl sites for hydroxylation is 1. The normalized spacial score (nSPS) is 26.6. The minimum atomic E-state index is 0.575. The fourth-order valence-electron chi connectivity index (χ4n) is 2.07. The summed E-state index contributed by atoms with van der Waals surface area (Å²) >= 11 is 5.27. The SMILES string of the molecule is Cc1nsc(N(C)C2CCCCC2Br)n1. The molecule has 1 aromatic rings. The second-order valence-corrected chi connectivity index (χ2v) is 6.01. The molecule has 0 aromatic carbocycles. The lowest BCUT2D eigenvalue weighted by Crippen LogP contribution is -2.40. The van der Waals surface area contributed by atoms with Crippen molar-refractivity contribution < 1.29 is 0 Å². The van der Waals surface area contributed by atoms with Gasteiger partial charge in [-0.3, -0.25) is 0 Å². The van der Waals surface area contributed by atoms with Crippen LogP contribution in [0.3, 0.4) is 0 Å². The number of halogens is 1. The van der Waals surface area contributed by atoms with Gasteiger partial charge >= 0.3 is 0 Å². The summed E-state index contributed by atoms with van der Waals surface area (Å²) in [5, 5.41) is 1.05. The van der Waals surface area contributed by atoms with Crippen LogP contribution in [-0.4, -0.2) is 27.3 Å². The molecule has 3 nitrogen and oxygen atoms in total. The minimum Gasteiger partial charge on any atom is -0.346 e. The van der Waals surface area contributed by atoms with Gasteiger partial charge in [0.2, 0.25) is 5.13 Å². The fraction of sp³-hybridized carbons (Fsp3) is 0.800. The highest BCUT2D eigenvalue weighted by molar-refractivity contribution is 9.09. The summed E-state index contributed by atoms with van der Waals surface area (Å²) in [5.41, 5.74) is 0. The van der Waals surface area contributed by atoms with Gasteiger partial charge in [0.25, 0.3) is 0 Å². The van der Waals surface area contributed by atoms with E-state index in [4.69, 9.17) is 0 Å². The smallest absolute Gasteiger partial charge is 0.205 e. The first-order valence-electron chi connectivity index (χ1n) is 5.35. The molecule has 1 aliphatic carbocycles. The summed E-state index contributed by atoms with van der Waals surface area (Å²) < 4.78 is 4.23. The van der Waals surface area contributed by atoms with E-state index >= 15 is 0 Å². The third kappa shape index (κ3) is 2.50. The van der Waals surface area contributed by atoms with Gasteiger partial charge in [-0.15, -0.1) is 0 Å². The molecule has 5 heteroatoms.